The third-order valence-electron chi connectivity index (χ3n) is 9.08. The summed E-state index contributed by atoms with van der Waals surface area (Å²) in [6.07, 6.45) is 1.63. The van der Waals surface area contributed by atoms with Gasteiger partial charge in [-0.15, -0.1) is 0 Å². The molecule has 2 aromatic carbocycles. The fourth-order valence-corrected chi connectivity index (χ4v) is 6.71. The van der Waals surface area contributed by atoms with E-state index in [4.69, 9.17) is 35.3 Å². The molecule has 292 valence electrons. The molecule has 12 nitrogen and oxygen atoms in total. The summed E-state index contributed by atoms with van der Waals surface area (Å²) in [4.78, 5) is 50.9. The monoisotopic (exact) mass is 761 g/mol. The Hall–Kier alpha value is -3.94. The zero-order valence-electron chi connectivity index (χ0n) is 30.8. The summed E-state index contributed by atoms with van der Waals surface area (Å²) in [5.41, 5.74) is 1.90. The van der Waals surface area contributed by atoms with Gasteiger partial charge in [-0.05, 0) is 86.8 Å². The summed E-state index contributed by atoms with van der Waals surface area (Å²) in [7, 11) is 0. The van der Waals surface area contributed by atoms with Crippen LogP contribution in [0.2, 0.25) is 5.02 Å². The number of amides is 3. The molecule has 0 aromatic heterocycles. The minimum absolute atomic E-state index is 0.00541. The quantitative estimate of drug-likeness (QED) is 0.123. The van der Waals surface area contributed by atoms with E-state index >= 15 is 0 Å². The molecular formula is C39H53ClFN3O9. The number of hydrogen-bond acceptors (Lipinski definition) is 9. The summed E-state index contributed by atoms with van der Waals surface area (Å²) in [5.74, 6) is -2.09. The van der Waals surface area contributed by atoms with Crippen LogP contribution in [0.5, 0.6) is 0 Å². The summed E-state index contributed by atoms with van der Waals surface area (Å²) in [6, 6.07) is 12.7. The Morgan fingerprint density at radius 3 is 2.23 bits per heavy atom. The van der Waals surface area contributed by atoms with E-state index in [1.807, 2.05) is 26.0 Å². The molecule has 0 bridgehead atoms. The first-order chi connectivity index (χ1) is 25.4. The molecule has 53 heavy (non-hydrogen) atoms. The van der Waals surface area contributed by atoms with Crippen molar-refractivity contribution in [1.82, 2.24) is 16.0 Å². The van der Waals surface area contributed by atoms with E-state index in [1.165, 1.54) is 12.1 Å². The van der Waals surface area contributed by atoms with Crippen LogP contribution < -0.4 is 16.0 Å². The smallest absolute Gasteiger partial charge is 0.407 e. The van der Waals surface area contributed by atoms with Gasteiger partial charge in [-0.25, -0.2) is 18.8 Å². The summed E-state index contributed by atoms with van der Waals surface area (Å²) >= 11 is 5.95. The van der Waals surface area contributed by atoms with Gasteiger partial charge in [-0.1, -0.05) is 49.7 Å². The topological polar surface area (TPSA) is 151 Å². The molecule has 0 saturated carbocycles. The van der Waals surface area contributed by atoms with Gasteiger partial charge in [0.25, 0.3) is 0 Å². The highest BCUT2D eigenvalue weighted by atomic mass is 35.5. The Labute approximate surface area is 316 Å². The van der Waals surface area contributed by atoms with Gasteiger partial charge < -0.3 is 39.6 Å². The minimum atomic E-state index is -1.12. The molecule has 3 amide bonds. The van der Waals surface area contributed by atoms with E-state index < -0.39 is 48.3 Å². The maximum Gasteiger partial charge on any atom is 0.407 e. The van der Waals surface area contributed by atoms with Crippen LogP contribution in [-0.4, -0.2) is 80.5 Å². The third-order valence-corrected chi connectivity index (χ3v) is 9.34. The van der Waals surface area contributed by atoms with Crippen LogP contribution in [0.3, 0.4) is 0 Å². The van der Waals surface area contributed by atoms with Crippen molar-refractivity contribution in [2.75, 3.05) is 26.3 Å². The van der Waals surface area contributed by atoms with Gasteiger partial charge in [0.2, 0.25) is 5.91 Å². The van der Waals surface area contributed by atoms with Crippen molar-refractivity contribution >= 4 is 35.7 Å². The van der Waals surface area contributed by atoms with E-state index in [9.17, 15) is 23.6 Å². The highest BCUT2D eigenvalue weighted by molar-refractivity contribution is 6.30. The van der Waals surface area contributed by atoms with Gasteiger partial charge in [-0.3, -0.25) is 4.79 Å². The second-order valence-electron chi connectivity index (χ2n) is 14.0. The first-order valence-electron chi connectivity index (χ1n) is 18.6. The van der Waals surface area contributed by atoms with E-state index in [0.29, 0.717) is 56.5 Å². The SMILES string of the molecule is CCOC(=O)[C@H](CC(C)C)NC(=O)CC[C@@H]1C[C@@H](OC(=O)NCCc2ccc(F)cc2)C[C@@]2(CCC[C@H](COC(=O)NCCc3ccc(Cl)cc3)O2)O1. The van der Waals surface area contributed by atoms with Gasteiger partial charge in [0.05, 0.1) is 18.8 Å². The molecule has 14 heteroatoms. The van der Waals surface area contributed by atoms with Crippen molar-refractivity contribution in [2.24, 2.45) is 5.92 Å². The molecule has 2 aliphatic rings. The van der Waals surface area contributed by atoms with Crippen LogP contribution in [0.1, 0.15) is 83.3 Å². The second kappa shape index (κ2) is 21.1. The lowest BCUT2D eigenvalue weighted by Crippen LogP contribution is -2.54. The first-order valence-corrected chi connectivity index (χ1v) is 19.0. The summed E-state index contributed by atoms with van der Waals surface area (Å²) < 4.78 is 42.8. The first kappa shape index (κ1) is 41.8. The lowest BCUT2D eigenvalue weighted by Gasteiger charge is -2.47. The number of halogens is 2. The number of nitrogens with one attached hydrogen (secondary N) is 3. The summed E-state index contributed by atoms with van der Waals surface area (Å²) in [5, 5.41) is 8.98. The zero-order chi connectivity index (χ0) is 38.2. The lowest BCUT2D eigenvalue weighted by atomic mass is 9.90. The Kier molecular flexibility index (Phi) is 16.6. The van der Waals surface area contributed by atoms with E-state index in [0.717, 1.165) is 11.1 Å². The van der Waals surface area contributed by atoms with Crippen LogP contribution in [0.25, 0.3) is 0 Å². The third kappa shape index (κ3) is 14.8. The predicted octanol–water partition coefficient (Wildman–Crippen LogP) is 6.40. The van der Waals surface area contributed by atoms with E-state index in [-0.39, 0.29) is 56.7 Å². The van der Waals surface area contributed by atoms with Crippen LogP contribution in [0.15, 0.2) is 48.5 Å². The van der Waals surface area contributed by atoms with Gasteiger partial charge in [-0.2, -0.15) is 0 Å². The lowest BCUT2D eigenvalue weighted by molar-refractivity contribution is -0.329. The number of esters is 1. The largest absolute Gasteiger partial charge is 0.464 e. The molecule has 0 aliphatic carbocycles. The van der Waals surface area contributed by atoms with Crippen LogP contribution in [0.4, 0.5) is 14.0 Å². The standard InChI is InChI=1S/C39H53ClFN3O9/c1-4-49-36(46)34(22-26(2)3)44-35(45)16-15-31-23-33(51-38(48)43-21-18-28-9-13-30(41)14-10-28)24-39(52-31)19-5-6-32(53-39)25-50-37(47)42-20-17-27-7-11-29(40)12-8-27/h7-14,26,31-34H,4-6,15-25H2,1-3H3,(H,42,47)(H,43,48)(H,44,45)/t31-,32-,33-,34+,39+/m1/s1. The molecule has 2 aliphatic heterocycles. The van der Waals surface area contributed by atoms with Gasteiger partial charge >= 0.3 is 18.2 Å². The molecular weight excluding hydrogens is 709 g/mol. The highest BCUT2D eigenvalue weighted by Gasteiger charge is 2.47. The molecule has 1 spiro atoms. The van der Waals surface area contributed by atoms with Crippen molar-refractivity contribution in [3.05, 3.63) is 70.5 Å². The predicted molar refractivity (Wildman–Crippen MR) is 196 cm³/mol. The van der Waals surface area contributed by atoms with Gasteiger partial charge in [0.15, 0.2) is 5.79 Å². The van der Waals surface area contributed by atoms with E-state index in [1.54, 1.807) is 31.2 Å². The van der Waals surface area contributed by atoms with Crippen molar-refractivity contribution in [3.63, 3.8) is 0 Å². The van der Waals surface area contributed by atoms with Crippen LogP contribution >= 0.6 is 11.6 Å². The zero-order valence-corrected chi connectivity index (χ0v) is 31.6. The number of ether oxygens (including phenoxy) is 5. The molecule has 3 N–H and O–H groups in total. The molecule has 0 radical (unpaired) electrons. The minimum Gasteiger partial charge on any atom is -0.464 e. The number of carbonyl (C=O) groups excluding carboxylic acids is 4. The van der Waals surface area contributed by atoms with Crippen molar-refractivity contribution in [2.45, 2.75) is 115 Å². The van der Waals surface area contributed by atoms with Crippen LogP contribution in [0, 0.1) is 11.7 Å². The average molecular weight is 762 g/mol. The van der Waals surface area contributed by atoms with Crippen molar-refractivity contribution in [1.29, 1.82) is 0 Å². The average Bonchev–Trinajstić information content (AvgIpc) is 3.11. The number of rotatable bonds is 17. The van der Waals surface area contributed by atoms with Gasteiger partial charge in [0, 0.05) is 43.8 Å². The molecule has 2 heterocycles. The van der Waals surface area contributed by atoms with Crippen LogP contribution in [-0.2, 0) is 46.1 Å². The summed E-state index contributed by atoms with van der Waals surface area (Å²) in [6.45, 7) is 6.54. The molecule has 2 aromatic rings. The Morgan fingerprint density at radius 1 is 0.925 bits per heavy atom. The van der Waals surface area contributed by atoms with E-state index in [2.05, 4.69) is 16.0 Å². The molecule has 4 rings (SSSR count). The maximum atomic E-state index is 13.3. The Bertz CT molecular complexity index is 1480. The number of benzene rings is 2. The normalized spacial score (nSPS) is 21.7. The molecule has 2 fully saturated rings. The number of alkyl carbamates (subject to hydrolysis) is 2. The van der Waals surface area contributed by atoms with Crippen molar-refractivity contribution < 1.29 is 47.3 Å². The molecule has 5 atom stereocenters. The van der Waals surface area contributed by atoms with Gasteiger partial charge in [0.1, 0.15) is 24.6 Å². The maximum absolute atomic E-state index is 13.3. The number of hydrogen-bond donors (Lipinski definition) is 3. The molecule has 2 saturated heterocycles. The number of carbonyl (C=O) groups is 4. The second-order valence-corrected chi connectivity index (χ2v) is 14.4. The fourth-order valence-electron chi connectivity index (χ4n) is 6.58. The fraction of sp³-hybridized carbons (Fsp3) is 0.590. The highest BCUT2D eigenvalue weighted by Crippen LogP contribution is 2.41. The molecule has 0 unspecified atom stereocenters. The Morgan fingerprint density at radius 2 is 1.57 bits per heavy atom. The van der Waals surface area contributed by atoms with Crippen molar-refractivity contribution in [3.8, 4) is 0 Å². The Balaban J connectivity index is 1.34.